The molecule has 5 heteroatoms. The first-order valence-corrected chi connectivity index (χ1v) is 6.79. The van der Waals surface area contributed by atoms with Gasteiger partial charge in [0.05, 0.1) is 12.8 Å². The highest BCUT2D eigenvalue weighted by Gasteiger charge is 2.12. The lowest BCUT2D eigenvalue weighted by molar-refractivity contribution is 0.404. The average molecular weight is 276 g/mol. The summed E-state index contributed by atoms with van der Waals surface area (Å²) >= 11 is 0. The summed E-state index contributed by atoms with van der Waals surface area (Å²) in [6.45, 7) is 2.59. The van der Waals surface area contributed by atoms with Crippen LogP contribution in [0.4, 0.5) is 0 Å². The summed E-state index contributed by atoms with van der Waals surface area (Å²) < 4.78 is 6.49. The summed E-state index contributed by atoms with van der Waals surface area (Å²) in [5.41, 5.74) is 1.31. The van der Waals surface area contributed by atoms with E-state index in [0.29, 0.717) is 18.7 Å². The van der Waals surface area contributed by atoms with Gasteiger partial charge in [0.15, 0.2) is 0 Å². The standard InChI is InChI=1S/C15H20N2O3/c1-3-4-9-17-14(18)13(16-15(17)19)10-11-5-7-12(20-2)8-6-11/h5-8,18H,3-4,9-10H2,1-2H3,(H,16,19). The Morgan fingerprint density at radius 1 is 1.30 bits per heavy atom. The molecule has 1 aromatic heterocycles. The Bertz CT molecular complexity index is 611. The molecule has 2 rings (SSSR count). The molecule has 1 heterocycles. The predicted octanol–water partition coefficient (Wildman–Crippen LogP) is 2.28. The zero-order chi connectivity index (χ0) is 14.5. The summed E-state index contributed by atoms with van der Waals surface area (Å²) in [7, 11) is 1.62. The monoisotopic (exact) mass is 276 g/mol. The van der Waals surface area contributed by atoms with E-state index >= 15 is 0 Å². The minimum Gasteiger partial charge on any atom is -0.497 e. The molecule has 0 bridgehead atoms. The highest BCUT2D eigenvalue weighted by Crippen LogP contribution is 2.19. The fraction of sp³-hybridized carbons (Fsp3) is 0.400. The van der Waals surface area contributed by atoms with Crippen LogP contribution in [0.1, 0.15) is 31.0 Å². The van der Waals surface area contributed by atoms with E-state index in [1.165, 1.54) is 4.57 Å². The summed E-state index contributed by atoms with van der Waals surface area (Å²) in [6, 6.07) is 7.55. The molecule has 0 aliphatic carbocycles. The number of benzene rings is 1. The van der Waals surface area contributed by atoms with E-state index in [2.05, 4.69) is 4.98 Å². The van der Waals surface area contributed by atoms with Crippen LogP contribution >= 0.6 is 0 Å². The van der Waals surface area contributed by atoms with Gasteiger partial charge in [0.2, 0.25) is 5.88 Å². The fourth-order valence-corrected chi connectivity index (χ4v) is 2.11. The van der Waals surface area contributed by atoms with E-state index in [1.807, 2.05) is 31.2 Å². The number of H-pyrrole nitrogens is 1. The van der Waals surface area contributed by atoms with Crippen molar-refractivity contribution in [3.05, 3.63) is 46.0 Å². The van der Waals surface area contributed by atoms with E-state index in [0.717, 1.165) is 24.2 Å². The van der Waals surface area contributed by atoms with E-state index in [-0.39, 0.29) is 11.6 Å². The number of hydrogen-bond acceptors (Lipinski definition) is 3. The maximum absolute atomic E-state index is 11.8. The van der Waals surface area contributed by atoms with Crippen molar-refractivity contribution in [1.29, 1.82) is 0 Å². The van der Waals surface area contributed by atoms with Gasteiger partial charge in [-0.25, -0.2) is 4.79 Å². The molecule has 2 aromatic rings. The van der Waals surface area contributed by atoms with Gasteiger partial charge in [0.1, 0.15) is 5.75 Å². The summed E-state index contributed by atoms with van der Waals surface area (Å²) in [4.78, 5) is 14.5. The molecule has 0 amide bonds. The van der Waals surface area contributed by atoms with Gasteiger partial charge in [-0.05, 0) is 24.1 Å². The van der Waals surface area contributed by atoms with Crippen LogP contribution in [0, 0.1) is 0 Å². The molecule has 20 heavy (non-hydrogen) atoms. The van der Waals surface area contributed by atoms with Crippen LogP contribution in [0.25, 0.3) is 0 Å². The molecule has 1 aromatic carbocycles. The number of aromatic amines is 1. The number of hydrogen-bond donors (Lipinski definition) is 2. The lowest BCUT2D eigenvalue weighted by Crippen LogP contribution is -2.16. The second-order valence-electron chi connectivity index (χ2n) is 4.76. The van der Waals surface area contributed by atoms with Gasteiger partial charge >= 0.3 is 5.69 Å². The molecule has 0 aliphatic heterocycles. The summed E-state index contributed by atoms with van der Waals surface area (Å²) in [5, 5.41) is 10.1. The van der Waals surface area contributed by atoms with Crippen molar-refractivity contribution in [3.63, 3.8) is 0 Å². The number of aromatic hydroxyl groups is 1. The number of aromatic nitrogens is 2. The van der Waals surface area contributed by atoms with Crippen LogP contribution in [0.5, 0.6) is 11.6 Å². The number of nitrogens with one attached hydrogen (secondary N) is 1. The normalized spacial score (nSPS) is 10.7. The minimum atomic E-state index is -0.250. The topological polar surface area (TPSA) is 67.2 Å². The minimum absolute atomic E-state index is 0.0410. The van der Waals surface area contributed by atoms with Crippen LogP contribution in [-0.2, 0) is 13.0 Å². The molecule has 0 saturated carbocycles. The Kier molecular flexibility index (Phi) is 4.50. The molecule has 0 unspecified atom stereocenters. The van der Waals surface area contributed by atoms with Crippen molar-refractivity contribution < 1.29 is 9.84 Å². The largest absolute Gasteiger partial charge is 0.497 e. The number of rotatable bonds is 6. The van der Waals surface area contributed by atoms with Gasteiger partial charge in [0, 0.05) is 13.0 Å². The highest BCUT2D eigenvalue weighted by molar-refractivity contribution is 5.32. The van der Waals surface area contributed by atoms with Gasteiger partial charge < -0.3 is 14.8 Å². The molecule has 108 valence electrons. The highest BCUT2D eigenvalue weighted by atomic mass is 16.5. The first kappa shape index (κ1) is 14.2. The van der Waals surface area contributed by atoms with Crippen molar-refractivity contribution in [2.75, 3.05) is 7.11 Å². The molecule has 0 aliphatic rings. The van der Waals surface area contributed by atoms with Crippen molar-refractivity contribution in [2.24, 2.45) is 0 Å². The first-order valence-electron chi connectivity index (χ1n) is 6.79. The number of ether oxygens (including phenoxy) is 1. The van der Waals surface area contributed by atoms with E-state index in [1.54, 1.807) is 7.11 Å². The van der Waals surface area contributed by atoms with E-state index < -0.39 is 0 Å². The van der Waals surface area contributed by atoms with E-state index in [9.17, 15) is 9.90 Å². The van der Waals surface area contributed by atoms with Crippen LogP contribution in [0.2, 0.25) is 0 Å². The molecule has 0 atom stereocenters. The zero-order valence-corrected chi connectivity index (χ0v) is 11.8. The zero-order valence-electron chi connectivity index (χ0n) is 11.8. The Hall–Kier alpha value is -2.17. The molecular formula is C15H20N2O3. The maximum atomic E-state index is 11.8. The number of methoxy groups -OCH3 is 1. The third-order valence-corrected chi connectivity index (χ3v) is 3.30. The van der Waals surface area contributed by atoms with Gasteiger partial charge in [-0.15, -0.1) is 0 Å². The smallest absolute Gasteiger partial charge is 0.328 e. The van der Waals surface area contributed by atoms with Crippen LogP contribution in [-0.4, -0.2) is 21.8 Å². The van der Waals surface area contributed by atoms with Crippen molar-refractivity contribution in [1.82, 2.24) is 9.55 Å². The van der Waals surface area contributed by atoms with E-state index in [4.69, 9.17) is 4.74 Å². The molecule has 5 nitrogen and oxygen atoms in total. The predicted molar refractivity (Wildman–Crippen MR) is 77.4 cm³/mol. The fourth-order valence-electron chi connectivity index (χ4n) is 2.11. The quantitative estimate of drug-likeness (QED) is 0.850. The Morgan fingerprint density at radius 3 is 2.60 bits per heavy atom. The molecule has 0 saturated heterocycles. The SMILES string of the molecule is CCCCn1c(O)c(Cc2ccc(OC)cc2)[nH]c1=O. The molecule has 0 spiro atoms. The van der Waals surface area contributed by atoms with Crippen molar-refractivity contribution >= 4 is 0 Å². The molecule has 0 radical (unpaired) electrons. The van der Waals surface area contributed by atoms with Crippen LogP contribution < -0.4 is 10.4 Å². The Balaban J connectivity index is 2.18. The molecule has 0 fully saturated rings. The first-order chi connectivity index (χ1) is 9.65. The van der Waals surface area contributed by atoms with Gasteiger partial charge in [-0.1, -0.05) is 25.5 Å². The third-order valence-electron chi connectivity index (χ3n) is 3.30. The Labute approximate surface area is 117 Å². The van der Waals surface area contributed by atoms with Gasteiger partial charge in [-0.2, -0.15) is 0 Å². The molecule has 2 N–H and O–H groups in total. The second kappa shape index (κ2) is 6.32. The summed E-state index contributed by atoms with van der Waals surface area (Å²) in [5.74, 6) is 0.825. The third kappa shape index (κ3) is 3.04. The van der Waals surface area contributed by atoms with Crippen molar-refractivity contribution in [3.8, 4) is 11.6 Å². The average Bonchev–Trinajstić information content (AvgIpc) is 2.72. The molecular weight excluding hydrogens is 256 g/mol. The lowest BCUT2D eigenvalue weighted by atomic mass is 10.1. The Morgan fingerprint density at radius 2 is 2.00 bits per heavy atom. The van der Waals surface area contributed by atoms with Gasteiger partial charge in [0.25, 0.3) is 0 Å². The number of unbranched alkanes of at least 4 members (excludes halogenated alkanes) is 1. The van der Waals surface area contributed by atoms with Crippen LogP contribution in [0.15, 0.2) is 29.1 Å². The van der Waals surface area contributed by atoms with Gasteiger partial charge in [-0.3, -0.25) is 4.57 Å². The maximum Gasteiger partial charge on any atom is 0.328 e. The second-order valence-corrected chi connectivity index (χ2v) is 4.76. The lowest BCUT2D eigenvalue weighted by Gasteiger charge is -2.04. The summed E-state index contributed by atoms with van der Waals surface area (Å²) in [6.07, 6.45) is 2.34. The van der Waals surface area contributed by atoms with Crippen LogP contribution in [0.3, 0.4) is 0 Å². The number of nitrogens with zero attached hydrogens (tertiary/aromatic N) is 1. The van der Waals surface area contributed by atoms with Crippen molar-refractivity contribution in [2.45, 2.75) is 32.7 Å². The number of imidazole rings is 1.